The molecule has 0 radical (unpaired) electrons. The largest absolute Gasteiger partial charge is 0.354 e. The van der Waals surface area contributed by atoms with Gasteiger partial charge in [0, 0.05) is 19.5 Å². The molecular formula is C35H37Cl2N3O4S. The number of sulfonamides is 1. The van der Waals surface area contributed by atoms with Gasteiger partial charge in [-0.1, -0.05) is 115 Å². The second-order valence-electron chi connectivity index (χ2n) is 10.8. The zero-order chi connectivity index (χ0) is 32.4. The highest BCUT2D eigenvalue weighted by atomic mass is 35.5. The van der Waals surface area contributed by atoms with E-state index in [1.807, 2.05) is 68.4 Å². The molecule has 0 saturated carbocycles. The second kappa shape index (κ2) is 15.9. The fourth-order valence-electron chi connectivity index (χ4n) is 4.84. The monoisotopic (exact) mass is 665 g/mol. The number of benzene rings is 4. The van der Waals surface area contributed by atoms with Gasteiger partial charge in [-0.25, -0.2) is 8.42 Å². The van der Waals surface area contributed by atoms with Gasteiger partial charge in [-0.3, -0.25) is 13.9 Å². The Balaban J connectivity index is 1.79. The number of rotatable bonds is 14. The van der Waals surface area contributed by atoms with E-state index in [1.54, 1.807) is 18.2 Å². The van der Waals surface area contributed by atoms with Gasteiger partial charge < -0.3 is 10.2 Å². The fraction of sp³-hybridized carbons (Fsp3) is 0.257. The first kappa shape index (κ1) is 34.0. The molecule has 0 fully saturated rings. The Kier molecular flexibility index (Phi) is 12.0. The summed E-state index contributed by atoms with van der Waals surface area (Å²) in [6, 6.07) is 28.5. The summed E-state index contributed by atoms with van der Waals surface area (Å²) in [4.78, 5) is 29.8. The maximum atomic E-state index is 14.5. The predicted octanol–water partition coefficient (Wildman–Crippen LogP) is 7.05. The molecule has 0 aliphatic heterocycles. The van der Waals surface area contributed by atoms with Crippen LogP contribution in [-0.2, 0) is 32.6 Å². The van der Waals surface area contributed by atoms with Gasteiger partial charge in [0.1, 0.15) is 12.6 Å². The van der Waals surface area contributed by atoms with E-state index < -0.39 is 28.5 Å². The van der Waals surface area contributed by atoms with E-state index in [0.717, 1.165) is 33.8 Å². The lowest BCUT2D eigenvalue weighted by Gasteiger charge is -2.34. The molecule has 4 aromatic rings. The molecule has 0 aliphatic rings. The molecule has 7 nitrogen and oxygen atoms in total. The van der Waals surface area contributed by atoms with Crippen molar-refractivity contribution in [3.8, 4) is 0 Å². The third-order valence-electron chi connectivity index (χ3n) is 7.38. The van der Waals surface area contributed by atoms with E-state index >= 15 is 0 Å². The lowest BCUT2D eigenvalue weighted by Crippen LogP contribution is -2.53. The van der Waals surface area contributed by atoms with Crippen LogP contribution in [0.5, 0.6) is 0 Å². The lowest BCUT2D eigenvalue weighted by atomic mass is 10.0. The number of carbonyl (C=O) groups excluding carboxylic acids is 2. The summed E-state index contributed by atoms with van der Waals surface area (Å²) >= 11 is 12.5. The van der Waals surface area contributed by atoms with Crippen LogP contribution in [0.25, 0.3) is 0 Å². The smallest absolute Gasteiger partial charge is 0.264 e. The Morgan fingerprint density at radius 2 is 1.47 bits per heavy atom. The van der Waals surface area contributed by atoms with Crippen LogP contribution in [0.2, 0.25) is 10.0 Å². The van der Waals surface area contributed by atoms with Crippen molar-refractivity contribution in [2.45, 2.75) is 50.6 Å². The molecule has 1 atom stereocenters. The maximum Gasteiger partial charge on any atom is 0.264 e. The van der Waals surface area contributed by atoms with Crippen molar-refractivity contribution in [3.05, 3.63) is 130 Å². The number of anilines is 1. The number of carbonyl (C=O) groups is 2. The van der Waals surface area contributed by atoms with Crippen LogP contribution in [0.1, 0.15) is 36.5 Å². The standard InChI is InChI=1S/C35H37Cl2N3O4S/c1-3-4-21-38-35(42)33(22-27-11-7-5-8-12-27)39(24-28-17-15-26(2)16-18-28)34(41)25-40(29-19-20-31(36)32(37)23-29)45(43,44)30-13-9-6-10-14-30/h5-20,23,33H,3-4,21-22,24-25H2,1-2H3,(H,38,42)/t33-/m0/s1. The number of nitrogens with one attached hydrogen (secondary N) is 1. The van der Waals surface area contributed by atoms with Gasteiger partial charge in [-0.15, -0.1) is 0 Å². The van der Waals surface area contributed by atoms with E-state index in [4.69, 9.17) is 23.2 Å². The summed E-state index contributed by atoms with van der Waals surface area (Å²) in [5.74, 6) is -0.854. The Morgan fingerprint density at radius 3 is 2.09 bits per heavy atom. The first-order valence-corrected chi connectivity index (χ1v) is 17.0. The third-order valence-corrected chi connectivity index (χ3v) is 9.90. The van der Waals surface area contributed by atoms with Crippen molar-refractivity contribution >= 4 is 50.7 Å². The van der Waals surface area contributed by atoms with Gasteiger partial charge >= 0.3 is 0 Å². The fourth-order valence-corrected chi connectivity index (χ4v) is 6.56. The summed E-state index contributed by atoms with van der Waals surface area (Å²) < 4.78 is 29.1. The molecule has 236 valence electrons. The summed E-state index contributed by atoms with van der Waals surface area (Å²) in [5, 5.41) is 3.38. The summed E-state index contributed by atoms with van der Waals surface area (Å²) in [7, 11) is -4.23. The van der Waals surface area contributed by atoms with Crippen LogP contribution in [-0.4, -0.2) is 44.3 Å². The number of halogens is 2. The van der Waals surface area contributed by atoms with Crippen LogP contribution in [0.3, 0.4) is 0 Å². The minimum atomic E-state index is -4.23. The Morgan fingerprint density at radius 1 is 0.822 bits per heavy atom. The van der Waals surface area contributed by atoms with E-state index in [0.29, 0.717) is 6.54 Å². The van der Waals surface area contributed by atoms with Crippen LogP contribution in [0, 0.1) is 6.92 Å². The van der Waals surface area contributed by atoms with Crippen LogP contribution in [0.15, 0.2) is 108 Å². The van der Waals surface area contributed by atoms with Crippen molar-refractivity contribution < 1.29 is 18.0 Å². The normalized spacial score (nSPS) is 11.9. The molecule has 0 aliphatic carbocycles. The van der Waals surface area contributed by atoms with E-state index in [1.165, 1.54) is 35.2 Å². The number of aryl methyl sites for hydroxylation is 1. The van der Waals surface area contributed by atoms with Gasteiger partial charge in [-0.05, 0) is 54.8 Å². The van der Waals surface area contributed by atoms with Crippen LogP contribution < -0.4 is 9.62 Å². The molecule has 10 heteroatoms. The molecule has 0 heterocycles. The summed E-state index contributed by atoms with van der Waals surface area (Å²) in [6.07, 6.45) is 1.93. The number of hydrogen-bond donors (Lipinski definition) is 1. The zero-order valence-electron chi connectivity index (χ0n) is 25.3. The number of unbranched alkanes of at least 4 members (excludes halogenated alkanes) is 1. The lowest BCUT2D eigenvalue weighted by molar-refractivity contribution is -0.140. The minimum absolute atomic E-state index is 0.00658. The predicted molar refractivity (Wildman–Crippen MR) is 181 cm³/mol. The second-order valence-corrected chi connectivity index (χ2v) is 13.5. The first-order valence-electron chi connectivity index (χ1n) is 14.8. The quantitative estimate of drug-likeness (QED) is 0.146. The Labute approximate surface area is 275 Å². The van der Waals surface area contributed by atoms with Gasteiger partial charge in [0.25, 0.3) is 10.0 Å². The van der Waals surface area contributed by atoms with Gasteiger partial charge in [-0.2, -0.15) is 0 Å². The summed E-state index contributed by atoms with van der Waals surface area (Å²) in [6.45, 7) is 3.99. The van der Waals surface area contributed by atoms with Gasteiger partial charge in [0.05, 0.1) is 20.6 Å². The Hall–Kier alpha value is -3.85. The third kappa shape index (κ3) is 9.10. The highest BCUT2D eigenvalue weighted by Crippen LogP contribution is 2.31. The molecule has 0 saturated heterocycles. The maximum absolute atomic E-state index is 14.5. The molecule has 4 rings (SSSR count). The highest BCUT2D eigenvalue weighted by molar-refractivity contribution is 7.92. The molecule has 0 aromatic heterocycles. The van der Waals surface area contributed by atoms with Gasteiger partial charge in [0.15, 0.2) is 0 Å². The average molecular weight is 667 g/mol. The summed E-state index contributed by atoms with van der Waals surface area (Å²) in [5.41, 5.74) is 2.90. The van der Waals surface area contributed by atoms with E-state index in [2.05, 4.69) is 5.32 Å². The molecule has 45 heavy (non-hydrogen) atoms. The molecule has 0 spiro atoms. The van der Waals surface area contributed by atoms with Crippen molar-refractivity contribution in [3.63, 3.8) is 0 Å². The number of nitrogens with zero attached hydrogens (tertiary/aromatic N) is 2. The van der Waals surface area contributed by atoms with Crippen molar-refractivity contribution in [2.75, 3.05) is 17.4 Å². The van der Waals surface area contributed by atoms with E-state index in [9.17, 15) is 18.0 Å². The molecule has 2 amide bonds. The molecule has 4 aromatic carbocycles. The Bertz CT molecular complexity index is 1690. The number of amides is 2. The highest BCUT2D eigenvalue weighted by Gasteiger charge is 2.34. The van der Waals surface area contributed by atoms with Crippen LogP contribution in [0.4, 0.5) is 5.69 Å². The molecule has 1 N–H and O–H groups in total. The van der Waals surface area contributed by atoms with Crippen molar-refractivity contribution in [2.24, 2.45) is 0 Å². The zero-order valence-corrected chi connectivity index (χ0v) is 27.7. The van der Waals surface area contributed by atoms with Crippen LogP contribution >= 0.6 is 23.2 Å². The molecule has 0 unspecified atom stereocenters. The van der Waals surface area contributed by atoms with Crippen molar-refractivity contribution in [1.82, 2.24) is 10.2 Å². The molecule has 0 bridgehead atoms. The first-order chi connectivity index (χ1) is 21.6. The number of hydrogen-bond acceptors (Lipinski definition) is 4. The molecular weight excluding hydrogens is 629 g/mol. The van der Waals surface area contributed by atoms with E-state index in [-0.39, 0.29) is 39.5 Å². The SMILES string of the molecule is CCCCNC(=O)[C@H](Cc1ccccc1)N(Cc1ccc(C)cc1)C(=O)CN(c1ccc(Cl)c(Cl)c1)S(=O)(=O)c1ccccc1. The van der Waals surface area contributed by atoms with Gasteiger partial charge in [0.2, 0.25) is 11.8 Å². The average Bonchev–Trinajstić information content (AvgIpc) is 3.04. The van der Waals surface area contributed by atoms with Crippen molar-refractivity contribution in [1.29, 1.82) is 0 Å². The minimum Gasteiger partial charge on any atom is -0.354 e. The topological polar surface area (TPSA) is 86.8 Å².